The molecule has 4 aromatic rings. The van der Waals surface area contributed by atoms with Crippen LogP contribution < -0.4 is 15.0 Å². The van der Waals surface area contributed by atoms with Gasteiger partial charge >= 0.3 is 0 Å². The van der Waals surface area contributed by atoms with Gasteiger partial charge in [0.2, 0.25) is 0 Å². The molecule has 6 nitrogen and oxygen atoms in total. The maximum atomic E-state index is 13.2. The van der Waals surface area contributed by atoms with Crippen molar-refractivity contribution in [3.05, 3.63) is 78.1 Å². The van der Waals surface area contributed by atoms with Crippen molar-refractivity contribution in [3.8, 4) is 16.9 Å². The van der Waals surface area contributed by atoms with Crippen molar-refractivity contribution in [2.24, 2.45) is 0 Å². The largest absolute Gasteiger partial charge is 0.495 e. The molecule has 33 heavy (non-hydrogen) atoms. The van der Waals surface area contributed by atoms with Gasteiger partial charge in [-0.05, 0) is 48.7 Å². The third-order valence-electron chi connectivity index (χ3n) is 5.79. The Bertz CT molecular complexity index is 1260. The van der Waals surface area contributed by atoms with Crippen molar-refractivity contribution >= 4 is 23.1 Å². The van der Waals surface area contributed by atoms with Crippen molar-refractivity contribution in [2.45, 2.75) is 26.7 Å². The molecule has 0 unspecified atom stereocenters. The fourth-order valence-electron chi connectivity index (χ4n) is 4.06. The summed E-state index contributed by atoms with van der Waals surface area (Å²) in [5.41, 5.74) is 5.04. The van der Waals surface area contributed by atoms with Crippen LogP contribution >= 0.6 is 0 Å². The normalized spacial score (nSPS) is 10.9. The molecule has 0 saturated heterocycles. The number of fused-ring (bicyclic) bond motifs is 1. The Kier molecular flexibility index (Phi) is 6.63. The Balaban J connectivity index is 1.65. The van der Waals surface area contributed by atoms with E-state index in [2.05, 4.69) is 29.2 Å². The zero-order valence-electron chi connectivity index (χ0n) is 19.6. The molecule has 0 aliphatic carbocycles. The summed E-state index contributed by atoms with van der Waals surface area (Å²) in [5.74, 6) is 1.42. The van der Waals surface area contributed by atoms with Crippen LogP contribution in [0.2, 0.25) is 0 Å². The highest BCUT2D eigenvalue weighted by Gasteiger charge is 2.16. The first-order chi connectivity index (χ1) is 16.0. The lowest BCUT2D eigenvalue weighted by Gasteiger charge is -2.19. The number of nitrogens with zero attached hydrogens (tertiary/aromatic N) is 3. The number of methoxy groups -OCH3 is 1. The second-order valence-corrected chi connectivity index (χ2v) is 8.18. The molecule has 0 aliphatic rings. The minimum absolute atomic E-state index is 0.200. The van der Waals surface area contributed by atoms with Crippen molar-refractivity contribution in [1.82, 2.24) is 9.38 Å². The minimum Gasteiger partial charge on any atom is -0.495 e. The van der Waals surface area contributed by atoms with E-state index in [1.807, 2.05) is 72.1 Å². The summed E-state index contributed by atoms with van der Waals surface area (Å²) < 4.78 is 7.50. The molecule has 0 atom stereocenters. The molecule has 1 N–H and O–H groups in total. The summed E-state index contributed by atoms with van der Waals surface area (Å²) in [5, 5.41) is 3.03. The van der Waals surface area contributed by atoms with E-state index in [1.54, 1.807) is 13.2 Å². The smallest absolute Gasteiger partial charge is 0.257 e. The fraction of sp³-hybridized carbons (Fsp3) is 0.259. The van der Waals surface area contributed by atoms with Crippen LogP contribution in [0.4, 0.5) is 11.5 Å². The Morgan fingerprint density at radius 3 is 2.61 bits per heavy atom. The number of nitrogens with one attached hydrogen (secondary N) is 1. The molecule has 0 bridgehead atoms. The number of ether oxygens (including phenoxy) is 1. The molecule has 0 spiro atoms. The molecule has 0 radical (unpaired) electrons. The second-order valence-electron chi connectivity index (χ2n) is 8.18. The lowest BCUT2D eigenvalue weighted by atomic mass is 10.0. The van der Waals surface area contributed by atoms with Crippen LogP contribution in [0.25, 0.3) is 16.8 Å². The SMILES string of the molecule is CCCCN(C)c1c(C)nc2ccc(C(=O)Nc3cc(-c4ccccc4)ccc3OC)cn12. The van der Waals surface area contributed by atoms with Gasteiger partial charge in [-0.2, -0.15) is 0 Å². The Labute approximate surface area is 194 Å². The number of aryl methyl sites for hydroxylation is 1. The summed E-state index contributed by atoms with van der Waals surface area (Å²) in [7, 11) is 3.67. The van der Waals surface area contributed by atoms with E-state index in [0.29, 0.717) is 17.0 Å². The van der Waals surface area contributed by atoms with Gasteiger partial charge in [-0.3, -0.25) is 9.20 Å². The molecule has 4 rings (SSSR count). The number of unbranched alkanes of at least 4 members (excludes halogenated alkanes) is 1. The van der Waals surface area contributed by atoms with Crippen LogP contribution in [0, 0.1) is 6.92 Å². The number of aromatic nitrogens is 2. The summed E-state index contributed by atoms with van der Waals surface area (Å²) in [6, 6.07) is 19.6. The average Bonchev–Trinajstić information content (AvgIpc) is 3.18. The average molecular weight is 443 g/mol. The molecule has 0 aliphatic heterocycles. The lowest BCUT2D eigenvalue weighted by molar-refractivity contribution is 0.102. The maximum absolute atomic E-state index is 13.2. The first kappa shape index (κ1) is 22.4. The van der Waals surface area contributed by atoms with Gasteiger partial charge in [-0.1, -0.05) is 49.7 Å². The summed E-state index contributed by atoms with van der Waals surface area (Å²) >= 11 is 0. The number of carbonyl (C=O) groups excluding carboxylic acids is 1. The number of rotatable bonds is 8. The first-order valence-electron chi connectivity index (χ1n) is 11.3. The molecule has 0 saturated carbocycles. The van der Waals surface area contributed by atoms with E-state index < -0.39 is 0 Å². The zero-order chi connectivity index (χ0) is 23.4. The zero-order valence-corrected chi connectivity index (χ0v) is 19.6. The molecular weight excluding hydrogens is 412 g/mol. The topological polar surface area (TPSA) is 58.9 Å². The van der Waals surface area contributed by atoms with Gasteiger partial charge in [-0.15, -0.1) is 0 Å². The number of hydrogen-bond donors (Lipinski definition) is 1. The third kappa shape index (κ3) is 4.70. The molecule has 2 aromatic heterocycles. The number of carbonyl (C=O) groups is 1. The van der Waals surface area contributed by atoms with Crippen LogP contribution in [0.1, 0.15) is 35.8 Å². The van der Waals surface area contributed by atoms with E-state index in [-0.39, 0.29) is 5.91 Å². The number of anilines is 2. The maximum Gasteiger partial charge on any atom is 0.257 e. The van der Waals surface area contributed by atoms with E-state index in [1.165, 1.54) is 0 Å². The molecule has 6 heteroatoms. The molecule has 2 aromatic carbocycles. The fourth-order valence-corrected chi connectivity index (χ4v) is 4.06. The Morgan fingerprint density at radius 2 is 1.88 bits per heavy atom. The molecule has 0 fully saturated rings. The van der Waals surface area contributed by atoms with E-state index >= 15 is 0 Å². The highest BCUT2D eigenvalue weighted by Crippen LogP contribution is 2.31. The highest BCUT2D eigenvalue weighted by molar-refractivity contribution is 6.05. The van der Waals surface area contributed by atoms with Crippen LogP contribution in [0.5, 0.6) is 5.75 Å². The molecular formula is C27H30N4O2. The van der Waals surface area contributed by atoms with E-state index in [9.17, 15) is 4.79 Å². The number of imidazole rings is 1. The quantitative estimate of drug-likeness (QED) is 0.374. The van der Waals surface area contributed by atoms with Crippen molar-refractivity contribution in [2.75, 3.05) is 30.9 Å². The van der Waals surface area contributed by atoms with Gasteiger partial charge in [-0.25, -0.2) is 4.98 Å². The number of hydrogen-bond acceptors (Lipinski definition) is 4. The third-order valence-corrected chi connectivity index (χ3v) is 5.79. The van der Waals surface area contributed by atoms with Crippen LogP contribution in [-0.4, -0.2) is 36.0 Å². The predicted octanol–water partition coefficient (Wildman–Crippen LogP) is 5.81. The van der Waals surface area contributed by atoms with E-state index in [0.717, 1.165) is 47.7 Å². The summed E-state index contributed by atoms with van der Waals surface area (Å²) in [6.07, 6.45) is 4.08. The minimum atomic E-state index is -0.200. The van der Waals surface area contributed by atoms with Crippen LogP contribution in [0.15, 0.2) is 66.9 Å². The van der Waals surface area contributed by atoms with Crippen molar-refractivity contribution in [3.63, 3.8) is 0 Å². The number of pyridine rings is 1. The van der Waals surface area contributed by atoms with Gasteiger partial charge < -0.3 is 15.0 Å². The summed E-state index contributed by atoms with van der Waals surface area (Å²) in [6.45, 7) is 5.12. The standard InChI is InChI=1S/C27H30N4O2/c1-5-6-16-30(3)27-19(2)28-25-15-13-22(18-31(25)27)26(32)29-23-17-21(12-14-24(23)33-4)20-10-8-7-9-11-20/h7-15,17-18H,5-6,16H2,1-4H3,(H,29,32). The number of benzene rings is 2. The van der Waals surface area contributed by atoms with Gasteiger partial charge in [0, 0.05) is 19.8 Å². The molecule has 2 heterocycles. The summed E-state index contributed by atoms with van der Waals surface area (Å²) in [4.78, 5) is 20.1. The Morgan fingerprint density at radius 1 is 1.09 bits per heavy atom. The van der Waals surface area contributed by atoms with Crippen molar-refractivity contribution < 1.29 is 9.53 Å². The monoisotopic (exact) mass is 442 g/mol. The van der Waals surface area contributed by atoms with Gasteiger partial charge in [0.25, 0.3) is 5.91 Å². The van der Waals surface area contributed by atoms with Crippen molar-refractivity contribution in [1.29, 1.82) is 0 Å². The number of amides is 1. The van der Waals surface area contributed by atoms with Gasteiger partial charge in [0.05, 0.1) is 24.1 Å². The predicted molar refractivity (Wildman–Crippen MR) is 134 cm³/mol. The Hall–Kier alpha value is -3.80. The molecule has 170 valence electrons. The first-order valence-corrected chi connectivity index (χ1v) is 11.3. The van der Waals surface area contributed by atoms with Crippen LogP contribution in [0.3, 0.4) is 0 Å². The highest BCUT2D eigenvalue weighted by atomic mass is 16.5. The lowest BCUT2D eigenvalue weighted by Crippen LogP contribution is -2.21. The van der Waals surface area contributed by atoms with Gasteiger partial charge in [0.1, 0.15) is 17.2 Å². The van der Waals surface area contributed by atoms with Gasteiger partial charge in [0.15, 0.2) is 0 Å². The van der Waals surface area contributed by atoms with E-state index in [4.69, 9.17) is 4.74 Å². The van der Waals surface area contributed by atoms with Crippen LogP contribution in [-0.2, 0) is 0 Å². The molecule has 1 amide bonds. The second kappa shape index (κ2) is 9.77.